The van der Waals surface area contributed by atoms with Gasteiger partial charge in [-0.25, -0.2) is 9.97 Å². The van der Waals surface area contributed by atoms with Gasteiger partial charge in [0.2, 0.25) is 0 Å². The van der Waals surface area contributed by atoms with Gasteiger partial charge in [0.15, 0.2) is 0 Å². The highest BCUT2D eigenvalue weighted by molar-refractivity contribution is 9.11. The van der Waals surface area contributed by atoms with Gasteiger partial charge in [0.1, 0.15) is 17.5 Å². The molecule has 2 rings (SSSR count). The summed E-state index contributed by atoms with van der Waals surface area (Å²) in [6.07, 6.45) is 0.986. The van der Waals surface area contributed by atoms with E-state index in [1.54, 1.807) is 11.3 Å². The van der Waals surface area contributed by atoms with Gasteiger partial charge in [0.25, 0.3) is 0 Å². The second-order valence-corrected chi connectivity index (χ2v) is 8.39. The zero-order valence-electron chi connectivity index (χ0n) is 12.8. The monoisotopic (exact) mass is 368 g/mol. The molecule has 2 heterocycles. The van der Waals surface area contributed by atoms with Crippen LogP contribution in [0.1, 0.15) is 31.5 Å². The molecule has 21 heavy (non-hydrogen) atoms. The first-order valence-corrected chi connectivity index (χ1v) is 8.55. The number of aromatic nitrogens is 2. The predicted molar refractivity (Wildman–Crippen MR) is 94.5 cm³/mol. The summed E-state index contributed by atoms with van der Waals surface area (Å²) in [5, 5.41) is 6.49. The number of rotatable bonds is 5. The summed E-state index contributed by atoms with van der Waals surface area (Å²) in [6.45, 7) is 7.22. The van der Waals surface area contributed by atoms with Crippen LogP contribution in [-0.2, 0) is 11.8 Å². The number of anilines is 2. The van der Waals surface area contributed by atoms with Crippen molar-refractivity contribution in [1.29, 1.82) is 0 Å². The van der Waals surface area contributed by atoms with E-state index in [9.17, 15) is 0 Å². The van der Waals surface area contributed by atoms with Gasteiger partial charge in [0.05, 0.1) is 3.79 Å². The van der Waals surface area contributed by atoms with Crippen molar-refractivity contribution >= 4 is 38.9 Å². The fourth-order valence-corrected chi connectivity index (χ4v) is 3.28. The highest BCUT2D eigenvalue weighted by Crippen LogP contribution is 2.24. The molecule has 0 bridgehead atoms. The fourth-order valence-electron chi connectivity index (χ4n) is 1.80. The summed E-state index contributed by atoms with van der Waals surface area (Å²) in [7, 11) is 1.88. The van der Waals surface area contributed by atoms with Crippen LogP contribution in [0.3, 0.4) is 0 Å². The normalized spacial score (nSPS) is 11.5. The van der Waals surface area contributed by atoms with Crippen LogP contribution in [-0.4, -0.2) is 23.6 Å². The average Bonchev–Trinajstić information content (AvgIpc) is 2.83. The molecular weight excluding hydrogens is 348 g/mol. The minimum atomic E-state index is -0.0676. The van der Waals surface area contributed by atoms with Gasteiger partial charge >= 0.3 is 0 Å². The fraction of sp³-hybridized carbons (Fsp3) is 0.467. The van der Waals surface area contributed by atoms with Crippen LogP contribution >= 0.6 is 27.3 Å². The Morgan fingerprint density at radius 3 is 2.48 bits per heavy atom. The van der Waals surface area contributed by atoms with Crippen molar-refractivity contribution in [3.05, 3.63) is 32.7 Å². The number of hydrogen-bond acceptors (Lipinski definition) is 5. The SMILES string of the molecule is CNc1cc(NCCc2ccc(Br)s2)nc(C(C)(C)C)n1. The third-order valence-corrected chi connectivity index (χ3v) is 4.64. The van der Waals surface area contributed by atoms with E-state index in [-0.39, 0.29) is 5.41 Å². The lowest BCUT2D eigenvalue weighted by molar-refractivity contribution is 0.546. The van der Waals surface area contributed by atoms with Crippen molar-refractivity contribution in [2.45, 2.75) is 32.6 Å². The lowest BCUT2D eigenvalue weighted by Gasteiger charge is -2.18. The molecule has 0 aliphatic heterocycles. The smallest absolute Gasteiger partial charge is 0.138 e. The Morgan fingerprint density at radius 1 is 1.19 bits per heavy atom. The van der Waals surface area contributed by atoms with Crippen LogP contribution in [0.25, 0.3) is 0 Å². The molecule has 0 unspecified atom stereocenters. The quantitative estimate of drug-likeness (QED) is 0.825. The largest absolute Gasteiger partial charge is 0.373 e. The third-order valence-electron chi connectivity index (χ3n) is 2.96. The van der Waals surface area contributed by atoms with E-state index >= 15 is 0 Å². The maximum absolute atomic E-state index is 4.62. The summed E-state index contributed by atoms with van der Waals surface area (Å²) in [5.74, 6) is 2.56. The van der Waals surface area contributed by atoms with Crippen LogP contribution in [0, 0.1) is 0 Å². The summed E-state index contributed by atoms with van der Waals surface area (Å²) in [6, 6.07) is 6.18. The molecule has 2 aromatic heterocycles. The molecule has 0 aromatic carbocycles. The molecule has 0 saturated heterocycles. The maximum Gasteiger partial charge on any atom is 0.138 e. The van der Waals surface area contributed by atoms with Crippen molar-refractivity contribution in [3.63, 3.8) is 0 Å². The van der Waals surface area contributed by atoms with Crippen LogP contribution < -0.4 is 10.6 Å². The van der Waals surface area contributed by atoms with Crippen LogP contribution in [0.4, 0.5) is 11.6 Å². The second kappa shape index (κ2) is 6.75. The van der Waals surface area contributed by atoms with E-state index in [4.69, 9.17) is 0 Å². The Morgan fingerprint density at radius 2 is 1.90 bits per heavy atom. The van der Waals surface area contributed by atoms with Gasteiger partial charge in [-0.05, 0) is 34.5 Å². The molecule has 0 saturated carbocycles. The molecule has 2 aromatic rings. The Balaban J connectivity index is 2.05. The van der Waals surface area contributed by atoms with Gasteiger partial charge in [0, 0.05) is 30.0 Å². The summed E-state index contributed by atoms with van der Waals surface area (Å²) >= 11 is 5.26. The molecule has 0 atom stereocenters. The molecule has 0 fully saturated rings. The second-order valence-electron chi connectivity index (χ2n) is 5.84. The highest BCUT2D eigenvalue weighted by Gasteiger charge is 2.18. The van der Waals surface area contributed by atoms with E-state index < -0.39 is 0 Å². The zero-order chi connectivity index (χ0) is 15.5. The molecule has 114 valence electrons. The van der Waals surface area contributed by atoms with Gasteiger partial charge in [-0.3, -0.25) is 0 Å². The van der Waals surface area contributed by atoms with E-state index in [2.05, 4.69) is 69.4 Å². The highest BCUT2D eigenvalue weighted by atomic mass is 79.9. The number of hydrogen-bond donors (Lipinski definition) is 2. The summed E-state index contributed by atoms with van der Waals surface area (Å²) < 4.78 is 1.17. The van der Waals surface area contributed by atoms with Crippen molar-refractivity contribution in [1.82, 2.24) is 9.97 Å². The number of nitrogens with zero attached hydrogens (tertiary/aromatic N) is 2. The molecule has 0 radical (unpaired) electrons. The van der Waals surface area contributed by atoms with Crippen molar-refractivity contribution < 1.29 is 0 Å². The van der Waals surface area contributed by atoms with Crippen molar-refractivity contribution in [2.75, 3.05) is 24.2 Å². The van der Waals surface area contributed by atoms with Crippen LogP contribution in [0.15, 0.2) is 22.0 Å². The van der Waals surface area contributed by atoms with Crippen molar-refractivity contribution in [3.8, 4) is 0 Å². The Hall–Kier alpha value is -1.14. The number of thiophene rings is 1. The summed E-state index contributed by atoms with van der Waals surface area (Å²) in [4.78, 5) is 10.5. The molecule has 0 aliphatic rings. The van der Waals surface area contributed by atoms with E-state index in [0.29, 0.717) is 0 Å². The summed E-state index contributed by atoms with van der Waals surface area (Å²) in [5.41, 5.74) is -0.0676. The van der Waals surface area contributed by atoms with E-state index in [1.165, 1.54) is 8.66 Å². The first-order valence-electron chi connectivity index (χ1n) is 6.94. The molecule has 0 amide bonds. The molecule has 2 N–H and O–H groups in total. The van der Waals surface area contributed by atoms with E-state index in [1.807, 2.05) is 13.1 Å². The first kappa shape index (κ1) is 16.2. The maximum atomic E-state index is 4.62. The van der Waals surface area contributed by atoms with Crippen LogP contribution in [0.2, 0.25) is 0 Å². The average molecular weight is 369 g/mol. The van der Waals surface area contributed by atoms with Gasteiger partial charge < -0.3 is 10.6 Å². The van der Waals surface area contributed by atoms with Crippen molar-refractivity contribution in [2.24, 2.45) is 0 Å². The topological polar surface area (TPSA) is 49.8 Å². The minimum Gasteiger partial charge on any atom is -0.373 e. The first-order chi connectivity index (χ1) is 9.88. The van der Waals surface area contributed by atoms with Crippen LogP contribution in [0.5, 0.6) is 0 Å². The molecule has 0 aliphatic carbocycles. The van der Waals surface area contributed by atoms with E-state index in [0.717, 1.165) is 30.4 Å². The zero-order valence-corrected chi connectivity index (χ0v) is 15.2. The molecule has 6 heteroatoms. The molecular formula is C15H21BrN4S. The van der Waals surface area contributed by atoms with Gasteiger partial charge in [-0.2, -0.15) is 0 Å². The minimum absolute atomic E-state index is 0.0676. The Kier molecular flexibility index (Phi) is 5.22. The third kappa shape index (κ3) is 4.68. The van der Waals surface area contributed by atoms with Gasteiger partial charge in [-0.15, -0.1) is 11.3 Å². The Labute approximate surface area is 138 Å². The number of halogens is 1. The Bertz CT molecular complexity index is 604. The molecule has 0 spiro atoms. The molecule has 4 nitrogen and oxygen atoms in total. The van der Waals surface area contributed by atoms with Gasteiger partial charge in [-0.1, -0.05) is 20.8 Å². The number of nitrogens with one attached hydrogen (secondary N) is 2. The lowest BCUT2D eigenvalue weighted by atomic mass is 9.96. The lowest BCUT2D eigenvalue weighted by Crippen LogP contribution is -2.18. The predicted octanol–water partition coefficient (Wildman–Crippen LogP) is 4.29. The standard InChI is InChI=1S/C15H21BrN4S/c1-15(2,3)14-19-12(17-4)9-13(20-14)18-8-7-10-5-6-11(16)21-10/h5-6,9H,7-8H2,1-4H3,(H2,17,18,19,20).